The zero-order valence-electron chi connectivity index (χ0n) is 7.76. The molecule has 0 rings (SSSR count). The largest absolute Gasteiger partial charge is 0.481 e. The molecule has 0 fully saturated rings. The summed E-state index contributed by atoms with van der Waals surface area (Å²) in [5.74, 6) is -0.701. The van der Waals surface area contributed by atoms with E-state index in [0.717, 1.165) is 0 Å². The van der Waals surface area contributed by atoms with Gasteiger partial charge in [0.2, 0.25) is 0 Å². The Kier molecular flexibility index (Phi) is 6.59. The average Bonchev–Trinajstić information content (AvgIpc) is 2.15. The van der Waals surface area contributed by atoms with Crippen molar-refractivity contribution in [1.29, 1.82) is 0 Å². The summed E-state index contributed by atoms with van der Waals surface area (Å²) in [5, 5.41) is 27.6. The summed E-state index contributed by atoms with van der Waals surface area (Å²) in [6, 6.07) is 0. The molecule has 14 heavy (non-hydrogen) atoms. The molecule has 0 spiro atoms. The number of rotatable bonds is 7. The molecule has 0 aromatic heterocycles. The van der Waals surface area contributed by atoms with Gasteiger partial charge in [0.15, 0.2) is 0 Å². The van der Waals surface area contributed by atoms with Crippen LogP contribution in [0, 0.1) is 0 Å². The van der Waals surface area contributed by atoms with Gasteiger partial charge < -0.3 is 15.3 Å². The minimum atomic E-state index is -1.33. The smallest absolute Gasteiger partial charge is 0.303 e. The maximum atomic E-state index is 10.2. The van der Waals surface area contributed by atoms with Crippen LogP contribution in [0.3, 0.4) is 0 Å². The highest BCUT2D eigenvalue weighted by Crippen LogP contribution is 2.19. The fourth-order valence-electron chi connectivity index (χ4n) is 0.976. The van der Waals surface area contributed by atoms with Crippen molar-refractivity contribution in [3.05, 3.63) is 0 Å². The van der Waals surface area contributed by atoms with Crippen LogP contribution in [-0.2, 0) is 4.79 Å². The van der Waals surface area contributed by atoms with Crippen molar-refractivity contribution in [3.8, 4) is 0 Å². The quantitative estimate of drug-likeness (QED) is 0.412. The van der Waals surface area contributed by atoms with Crippen LogP contribution in [0.1, 0.15) is 19.3 Å². The first-order chi connectivity index (χ1) is 6.46. The number of carboxylic acids is 1. The van der Waals surface area contributed by atoms with E-state index in [-0.39, 0.29) is 24.3 Å². The van der Waals surface area contributed by atoms with E-state index in [1.807, 2.05) is 0 Å². The zero-order valence-corrected chi connectivity index (χ0v) is 9.55. The van der Waals surface area contributed by atoms with Crippen molar-refractivity contribution in [2.24, 2.45) is 0 Å². The lowest BCUT2D eigenvalue weighted by Gasteiger charge is -2.29. The van der Waals surface area contributed by atoms with E-state index >= 15 is 0 Å². The first kappa shape index (κ1) is 14.1. The highest BCUT2D eigenvalue weighted by Gasteiger charge is 2.32. The predicted molar refractivity (Wildman–Crippen MR) is 60.1 cm³/mol. The highest BCUT2D eigenvalue weighted by atomic mass is 32.1. The molecule has 0 heterocycles. The number of thiol groups is 2. The van der Waals surface area contributed by atoms with Gasteiger partial charge in [-0.25, -0.2) is 0 Å². The molecule has 1 atom stereocenters. The Balaban J connectivity index is 3.93. The molecule has 0 aliphatic rings. The molecule has 6 heteroatoms. The molecule has 84 valence electrons. The molecule has 0 radical (unpaired) electrons. The second kappa shape index (κ2) is 6.55. The summed E-state index contributed by atoms with van der Waals surface area (Å²) >= 11 is 7.82. The van der Waals surface area contributed by atoms with Crippen LogP contribution in [0.25, 0.3) is 0 Å². The molecule has 0 amide bonds. The minimum Gasteiger partial charge on any atom is -0.481 e. The zero-order chi connectivity index (χ0) is 11.2. The minimum absolute atomic E-state index is 0.00766. The third-order valence-corrected chi connectivity index (χ3v) is 3.13. The first-order valence-corrected chi connectivity index (χ1v) is 5.56. The molecule has 4 nitrogen and oxygen atoms in total. The Morgan fingerprint density at radius 3 is 2.21 bits per heavy atom. The number of aliphatic hydroxyl groups is 2. The maximum absolute atomic E-state index is 10.2. The maximum Gasteiger partial charge on any atom is 0.303 e. The number of hydrogen-bond donors (Lipinski definition) is 5. The fourth-order valence-corrected chi connectivity index (χ4v) is 1.80. The van der Waals surface area contributed by atoms with Crippen LogP contribution in [-0.4, -0.2) is 44.5 Å². The molecule has 0 saturated carbocycles. The topological polar surface area (TPSA) is 77.8 Å². The summed E-state index contributed by atoms with van der Waals surface area (Å²) < 4.78 is 0. The van der Waals surface area contributed by atoms with Gasteiger partial charge in [-0.2, -0.15) is 25.3 Å². The van der Waals surface area contributed by atoms with Gasteiger partial charge >= 0.3 is 5.97 Å². The van der Waals surface area contributed by atoms with E-state index in [1.54, 1.807) is 0 Å². The Labute approximate surface area is 94.1 Å². The Morgan fingerprint density at radius 1 is 1.36 bits per heavy atom. The van der Waals surface area contributed by atoms with Gasteiger partial charge in [-0.3, -0.25) is 4.79 Å². The first-order valence-electron chi connectivity index (χ1n) is 4.30. The summed E-state index contributed by atoms with van der Waals surface area (Å²) in [6.45, 7) is 0. The molecular weight excluding hydrogens is 224 g/mol. The van der Waals surface area contributed by atoms with Crippen LogP contribution >= 0.6 is 25.3 Å². The predicted octanol–water partition coefficient (Wildman–Crippen LogP) is 0.193. The molecule has 0 aromatic carbocycles. The molecule has 0 saturated heterocycles. The van der Waals surface area contributed by atoms with E-state index < -0.39 is 17.7 Å². The standard InChI is InChI=1S/C8H16O4S2/c9-6(2-1-3-7(10)11)8(12,4-13)5-14/h6,9,12-14H,1-5H2,(H,10,11). The van der Waals surface area contributed by atoms with Crippen LogP contribution in [0.2, 0.25) is 0 Å². The van der Waals surface area contributed by atoms with E-state index in [9.17, 15) is 15.0 Å². The monoisotopic (exact) mass is 240 g/mol. The molecule has 0 aromatic rings. The van der Waals surface area contributed by atoms with E-state index in [4.69, 9.17) is 5.11 Å². The van der Waals surface area contributed by atoms with Crippen LogP contribution < -0.4 is 0 Å². The average molecular weight is 240 g/mol. The normalized spacial score (nSPS) is 14.0. The van der Waals surface area contributed by atoms with Crippen LogP contribution in [0.5, 0.6) is 0 Å². The molecule has 3 N–H and O–H groups in total. The van der Waals surface area contributed by atoms with Gasteiger partial charge in [-0.05, 0) is 12.8 Å². The number of aliphatic hydroxyl groups excluding tert-OH is 1. The lowest BCUT2D eigenvalue weighted by atomic mass is 9.96. The second-order valence-corrected chi connectivity index (χ2v) is 3.85. The summed E-state index contributed by atoms with van der Waals surface area (Å²) in [5.41, 5.74) is -1.33. The van der Waals surface area contributed by atoms with Gasteiger partial charge in [0, 0.05) is 17.9 Å². The fraction of sp³-hybridized carbons (Fsp3) is 0.875. The summed E-state index contributed by atoms with van der Waals surface area (Å²) in [6.07, 6.45) is -0.409. The van der Waals surface area contributed by atoms with Gasteiger partial charge in [0.1, 0.15) is 5.60 Å². The molecule has 0 aliphatic carbocycles. The van der Waals surface area contributed by atoms with Gasteiger partial charge in [0.05, 0.1) is 6.10 Å². The summed E-state index contributed by atoms with van der Waals surface area (Å²) in [4.78, 5) is 10.2. The van der Waals surface area contributed by atoms with E-state index in [2.05, 4.69) is 25.3 Å². The van der Waals surface area contributed by atoms with Crippen molar-refractivity contribution < 1.29 is 20.1 Å². The van der Waals surface area contributed by atoms with Gasteiger partial charge in [0.25, 0.3) is 0 Å². The molecule has 1 unspecified atom stereocenters. The second-order valence-electron chi connectivity index (χ2n) is 3.22. The Morgan fingerprint density at radius 2 is 1.86 bits per heavy atom. The third kappa shape index (κ3) is 4.54. The number of aliphatic carboxylic acids is 1. The van der Waals surface area contributed by atoms with Crippen molar-refractivity contribution >= 4 is 31.2 Å². The van der Waals surface area contributed by atoms with E-state index in [0.29, 0.717) is 6.42 Å². The van der Waals surface area contributed by atoms with Crippen LogP contribution in [0.4, 0.5) is 0 Å². The lowest BCUT2D eigenvalue weighted by Crippen LogP contribution is -2.46. The molecule has 0 aliphatic heterocycles. The van der Waals surface area contributed by atoms with Crippen molar-refractivity contribution in [1.82, 2.24) is 0 Å². The Bertz CT molecular complexity index is 182. The van der Waals surface area contributed by atoms with Crippen molar-refractivity contribution in [2.75, 3.05) is 11.5 Å². The number of carboxylic acid groups (broad SMARTS) is 1. The van der Waals surface area contributed by atoms with Gasteiger partial charge in [-0.1, -0.05) is 0 Å². The van der Waals surface area contributed by atoms with E-state index in [1.165, 1.54) is 0 Å². The number of carbonyl (C=O) groups is 1. The molecular formula is C8H16O4S2. The van der Waals surface area contributed by atoms with Crippen molar-refractivity contribution in [2.45, 2.75) is 31.0 Å². The number of hydrogen-bond acceptors (Lipinski definition) is 5. The summed E-state index contributed by atoms with van der Waals surface area (Å²) in [7, 11) is 0. The van der Waals surface area contributed by atoms with Crippen LogP contribution in [0.15, 0.2) is 0 Å². The lowest BCUT2D eigenvalue weighted by molar-refractivity contribution is -0.137. The third-order valence-electron chi connectivity index (χ3n) is 2.04. The van der Waals surface area contributed by atoms with Crippen molar-refractivity contribution in [3.63, 3.8) is 0 Å². The molecule has 0 bridgehead atoms. The van der Waals surface area contributed by atoms with Gasteiger partial charge in [-0.15, -0.1) is 0 Å². The highest BCUT2D eigenvalue weighted by molar-refractivity contribution is 7.81. The Hall–Kier alpha value is 0.0900. The SMILES string of the molecule is O=C(O)CCCC(O)C(O)(CS)CS.